The quantitative estimate of drug-likeness (QED) is 0.523. The molecule has 4 aromatic rings. The Morgan fingerprint density at radius 3 is 2.65 bits per heavy atom. The van der Waals surface area contributed by atoms with Gasteiger partial charge >= 0.3 is 0 Å². The Balaban J connectivity index is 1.40. The van der Waals surface area contributed by atoms with Gasteiger partial charge in [0.2, 0.25) is 5.89 Å². The number of benzene rings is 2. The fourth-order valence-corrected chi connectivity index (χ4v) is 2.90. The van der Waals surface area contributed by atoms with Crippen molar-refractivity contribution in [3.8, 4) is 17.0 Å². The molecule has 0 aliphatic heterocycles. The molecule has 2 aromatic carbocycles. The first kappa shape index (κ1) is 15.1. The average molecular weight is 347 g/mol. The average Bonchev–Trinajstić information content (AvgIpc) is 3.27. The highest BCUT2D eigenvalue weighted by atomic mass is 16.5. The Morgan fingerprint density at radius 2 is 1.85 bits per heavy atom. The van der Waals surface area contributed by atoms with Crippen LogP contribution in [0.3, 0.4) is 0 Å². The van der Waals surface area contributed by atoms with E-state index in [-0.39, 0.29) is 6.61 Å². The van der Waals surface area contributed by atoms with Gasteiger partial charge in [-0.25, -0.2) is 0 Å². The van der Waals surface area contributed by atoms with E-state index in [1.807, 2.05) is 18.2 Å². The molecule has 6 heteroatoms. The number of aromatic nitrogens is 3. The molecule has 2 heterocycles. The summed E-state index contributed by atoms with van der Waals surface area (Å²) < 4.78 is 16.7. The van der Waals surface area contributed by atoms with E-state index in [9.17, 15) is 0 Å². The van der Waals surface area contributed by atoms with Crippen LogP contribution in [0.2, 0.25) is 0 Å². The number of hydrogen-bond acceptors (Lipinski definition) is 6. The summed E-state index contributed by atoms with van der Waals surface area (Å²) in [6, 6.07) is 14.3. The lowest BCUT2D eigenvalue weighted by Gasteiger charge is -2.03. The number of ether oxygens (including phenoxy) is 1. The Morgan fingerprint density at radius 1 is 1.04 bits per heavy atom. The van der Waals surface area contributed by atoms with Crippen LogP contribution in [0.15, 0.2) is 51.4 Å². The van der Waals surface area contributed by atoms with Gasteiger partial charge in [-0.3, -0.25) is 0 Å². The Labute approximate surface area is 149 Å². The second kappa shape index (κ2) is 5.98. The molecule has 0 amide bonds. The van der Waals surface area contributed by atoms with E-state index in [4.69, 9.17) is 13.7 Å². The number of hydrogen-bond donors (Lipinski definition) is 0. The summed E-state index contributed by atoms with van der Waals surface area (Å²) >= 11 is 0. The smallest absolute Gasteiger partial charge is 0.262 e. The predicted octanol–water partition coefficient (Wildman–Crippen LogP) is 4.64. The number of aryl methyl sites for hydroxylation is 1. The maximum atomic E-state index is 5.77. The molecule has 1 aliphatic carbocycles. The largest absolute Gasteiger partial charge is 0.465 e. The molecule has 1 aliphatic rings. The normalized spacial score (nSPS) is 14.0. The van der Waals surface area contributed by atoms with Gasteiger partial charge < -0.3 is 13.7 Å². The maximum Gasteiger partial charge on any atom is 0.262 e. The summed E-state index contributed by atoms with van der Waals surface area (Å²) in [6.07, 6.45) is 2.25. The van der Waals surface area contributed by atoms with Gasteiger partial charge in [0.1, 0.15) is 0 Å². The predicted molar refractivity (Wildman–Crippen MR) is 94.8 cm³/mol. The van der Waals surface area contributed by atoms with Crippen molar-refractivity contribution in [3.63, 3.8) is 0 Å². The highest BCUT2D eigenvalue weighted by Crippen LogP contribution is 2.39. The minimum absolute atomic E-state index is 0.177. The van der Waals surface area contributed by atoms with Crippen molar-refractivity contribution < 1.29 is 13.7 Å². The highest BCUT2D eigenvalue weighted by molar-refractivity contribution is 5.87. The lowest BCUT2D eigenvalue weighted by Crippen LogP contribution is -1.96. The van der Waals surface area contributed by atoms with E-state index in [2.05, 4.69) is 46.5 Å². The molecule has 5 rings (SSSR count). The lowest BCUT2D eigenvalue weighted by atomic mass is 10.0. The van der Waals surface area contributed by atoms with Crippen LogP contribution >= 0.6 is 0 Å². The zero-order chi connectivity index (χ0) is 17.5. The summed E-state index contributed by atoms with van der Waals surface area (Å²) in [5.74, 6) is 2.02. The molecule has 0 atom stereocenters. The molecule has 0 saturated heterocycles. The van der Waals surface area contributed by atoms with Crippen molar-refractivity contribution in [1.82, 2.24) is 15.4 Å². The Bertz CT molecular complexity index is 1060. The van der Waals surface area contributed by atoms with Crippen molar-refractivity contribution in [1.29, 1.82) is 0 Å². The van der Waals surface area contributed by atoms with E-state index in [1.165, 1.54) is 5.56 Å². The molecule has 1 fully saturated rings. The van der Waals surface area contributed by atoms with E-state index in [0.717, 1.165) is 29.4 Å². The molecule has 0 spiro atoms. The van der Waals surface area contributed by atoms with Crippen molar-refractivity contribution in [2.45, 2.75) is 32.3 Å². The van der Waals surface area contributed by atoms with Crippen molar-refractivity contribution in [3.05, 3.63) is 59.8 Å². The first-order valence-corrected chi connectivity index (χ1v) is 8.68. The summed E-state index contributed by atoms with van der Waals surface area (Å²) in [5.41, 5.74) is 4.13. The van der Waals surface area contributed by atoms with Crippen LogP contribution < -0.4 is 4.74 Å². The third-order valence-corrected chi connectivity index (χ3v) is 4.56. The maximum absolute atomic E-state index is 5.77. The lowest BCUT2D eigenvalue weighted by molar-refractivity contribution is 0.238. The summed E-state index contributed by atoms with van der Waals surface area (Å²) in [4.78, 5) is 0. The SMILES string of the molecule is Cc1ccc(-c2ccc3onc(OCc4nnc(C5CC5)o4)c3c2)cc1. The van der Waals surface area contributed by atoms with Gasteiger partial charge in [0.05, 0.1) is 5.39 Å². The zero-order valence-corrected chi connectivity index (χ0v) is 14.3. The second-order valence-electron chi connectivity index (χ2n) is 6.66. The summed E-state index contributed by atoms with van der Waals surface area (Å²) in [5, 5.41) is 12.9. The zero-order valence-electron chi connectivity index (χ0n) is 14.3. The van der Waals surface area contributed by atoms with Crippen molar-refractivity contribution in [2.24, 2.45) is 0 Å². The molecule has 6 nitrogen and oxygen atoms in total. The van der Waals surface area contributed by atoms with Gasteiger partial charge in [-0.1, -0.05) is 35.9 Å². The number of nitrogens with zero attached hydrogens (tertiary/aromatic N) is 3. The molecule has 0 N–H and O–H groups in total. The van der Waals surface area contributed by atoms with E-state index in [0.29, 0.717) is 29.2 Å². The molecule has 0 bridgehead atoms. The van der Waals surface area contributed by atoms with Crippen LogP contribution in [-0.2, 0) is 6.61 Å². The fourth-order valence-electron chi connectivity index (χ4n) is 2.90. The molecule has 2 aromatic heterocycles. The monoisotopic (exact) mass is 347 g/mol. The van der Waals surface area contributed by atoms with E-state index in [1.54, 1.807) is 0 Å². The Kier molecular flexibility index (Phi) is 3.48. The van der Waals surface area contributed by atoms with E-state index < -0.39 is 0 Å². The first-order valence-electron chi connectivity index (χ1n) is 8.68. The van der Waals surface area contributed by atoms with Crippen LogP contribution in [0.4, 0.5) is 0 Å². The van der Waals surface area contributed by atoms with Gasteiger partial charge in [-0.2, -0.15) is 0 Å². The van der Waals surface area contributed by atoms with Crippen molar-refractivity contribution >= 4 is 11.0 Å². The molecular formula is C20H17N3O3. The molecule has 0 radical (unpaired) electrons. The number of rotatable bonds is 5. The van der Waals surface area contributed by atoms with Gasteiger partial charge in [0.25, 0.3) is 11.8 Å². The minimum atomic E-state index is 0.177. The number of fused-ring (bicyclic) bond motifs is 1. The van der Waals surface area contributed by atoms with Crippen molar-refractivity contribution in [2.75, 3.05) is 0 Å². The summed E-state index contributed by atoms with van der Waals surface area (Å²) in [6.45, 7) is 2.25. The third kappa shape index (κ3) is 2.83. The second-order valence-corrected chi connectivity index (χ2v) is 6.66. The summed E-state index contributed by atoms with van der Waals surface area (Å²) in [7, 11) is 0. The first-order chi connectivity index (χ1) is 12.8. The highest BCUT2D eigenvalue weighted by Gasteiger charge is 2.29. The van der Waals surface area contributed by atoms with Gasteiger partial charge in [-0.15, -0.1) is 10.2 Å². The van der Waals surface area contributed by atoms with Crippen LogP contribution in [-0.4, -0.2) is 15.4 Å². The Hall–Kier alpha value is -3.15. The van der Waals surface area contributed by atoms with E-state index >= 15 is 0 Å². The van der Waals surface area contributed by atoms with Crippen LogP contribution in [0, 0.1) is 6.92 Å². The molecule has 26 heavy (non-hydrogen) atoms. The molecule has 130 valence electrons. The molecule has 0 unspecified atom stereocenters. The third-order valence-electron chi connectivity index (χ3n) is 4.56. The molecular weight excluding hydrogens is 330 g/mol. The minimum Gasteiger partial charge on any atom is -0.465 e. The van der Waals surface area contributed by atoms with Gasteiger partial charge in [0.15, 0.2) is 12.2 Å². The molecule has 1 saturated carbocycles. The standard InChI is InChI=1S/C20H17N3O3/c1-12-2-4-13(5-3-12)15-8-9-17-16(10-15)20(23-26-17)24-11-18-21-22-19(25-18)14-6-7-14/h2-5,8-10,14H,6-7,11H2,1H3. The van der Waals surface area contributed by atoms with Gasteiger partial charge in [-0.05, 0) is 48.2 Å². The van der Waals surface area contributed by atoms with Crippen LogP contribution in [0.1, 0.15) is 36.1 Å². The fraction of sp³-hybridized carbons (Fsp3) is 0.250. The topological polar surface area (TPSA) is 74.2 Å². The van der Waals surface area contributed by atoms with Gasteiger partial charge in [0, 0.05) is 5.92 Å². The van der Waals surface area contributed by atoms with Crippen LogP contribution in [0.25, 0.3) is 22.1 Å². The van der Waals surface area contributed by atoms with Crippen LogP contribution in [0.5, 0.6) is 5.88 Å².